The number of benzene rings is 1. The van der Waals surface area contributed by atoms with E-state index in [9.17, 15) is 9.59 Å². The van der Waals surface area contributed by atoms with Gasteiger partial charge in [-0.15, -0.1) is 0 Å². The lowest BCUT2D eigenvalue weighted by Gasteiger charge is -2.10. The highest BCUT2D eigenvalue weighted by Gasteiger charge is 2.48. The molecule has 0 unspecified atom stereocenters. The molecule has 1 aromatic carbocycles. The van der Waals surface area contributed by atoms with E-state index >= 15 is 0 Å². The van der Waals surface area contributed by atoms with Crippen LogP contribution in [0.2, 0.25) is 0 Å². The van der Waals surface area contributed by atoms with Gasteiger partial charge in [-0.1, -0.05) is 6.07 Å². The van der Waals surface area contributed by atoms with Crippen molar-refractivity contribution in [3.63, 3.8) is 0 Å². The maximum absolute atomic E-state index is 11.8. The Balaban J connectivity index is 2.06. The van der Waals surface area contributed by atoms with E-state index < -0.39 is 17.8 Å². The standard InChI is InChI=1S/C13H15NO4/c1-7-3-4-10(11(5-7)18-2)14-12(15)8-6-9(8)13(16)17/h3-5,8-9H,6H2,1-2H3,(H,14,15)(H,16,17)/t8-,9+/m1/s1. The number of methoxy groups -OCH3 is 1. The Hall–Kier alpha value is -2.04. The van der Waals surface area contributed by atoms with Crippen LogP contribution in [-0.2, 0) is 9.59 Å². The van der Waals surface area contributed by atoms with Crippen LogP contribution in [0.3, 0.4) is 0 Å². The fourth-order valence-electron chi connectivity index (χ4n) is 1.88. The van der Waals surface area contributed by atoms with Crippen molar-refractivity contribution < 1.29 is 19.4 Å². The summed E-state index contributed by atoms with van der Waals surface area (Å²) in [5.74, 6) is -1.55. The van der Waals surface area contributed by atoms with E-state index in [1.165, 1.54) is 7.11 Å². The Morgan fingerprint density at radius 2 is 2.11 bits per heavy atom. The summed E-state index contributed by atoms with van der Waals surface area (Å²) in [6.45, 7) is 1.93. The van der Waals surface area contributed by atoms with Crippen LogP contribution in [0, 0.1) is 18.8 Å². The van der Waals surface area contributed by atoms with Gasteiger partial charge in [0.1, 0.15) is 5.75 Å². The lowest BCUT2D eigenvalue weighted by molar-refractivity contribution is -0.139. The van der Waals surface area contributed by atoms with Crippen molar-refractivity contribution in [2.24, 2.45) is 11.8 Å². The first kappa shape index (κ1) is 12.4. The van der Waals surface area contributed by atoms with Gasteiger partial charge in [-0.25, -0.2) is 0 Å². The van der Waals surface area contributed by atoms with Gasteiger partial charge < -0.3 is 15.2 Å². The van der Waals surface area contributed by atoms with Gasteiger partial charge in [0.05, 0.1) is 24.6 Å². The summed E-state index contributed by atoms with van der Waals surface area (Å²) in [5.41, 5.74) is 1.60. The lowest BCUT2D eigenvalue weighted by Crippen LogP contribution is -2.17. The summed E-state index contributed by atoms with van der Waals surface area (Å²) in [7, 11) is 1.53. The first-order valence-corrected chi connectivity index (χ1v) is 5.71. The van der Waals surface area contributed by atoms with Gasteiger partial charge >= 0.3 is 5.97 Å². The lowest BCUT2D eigenvalue weighted by atomic mass is 10.2. The molecule has 1 fully saturated rings. The highest BCUT2D eigenvalue weighted by atomic mass is 16.5. The van der Waals surface area contributed by atoms with Crippen LogP contribution in [0.15, 0.2) is 18.2 Å². The van der Waals surface area contributed by atoms with Crippen molar-refractivity contribution >= 4 is 17.6 Å². The van der Waals surface area contributed by atoms with Crippen LogP contribution in [0.1, 0.15) is 12.0 Å². The van der Waals surface area contributed by atoms with Crippen molar-refractivity contribution in [2.45, 2.75) is 13.3 Å². The molecule has 2 N–H and O–H groups in total. The topological polar surface area (TPSA) is 75.6 Å². The number of ether oxygens (including phenoxy) is 1. The molecule has 96 valence electrons. The number of hydrogen-bond acceptors (Lipinski definition) is 3. The number of carboxylic acids is 1. The van der Waals surface area contributed by atoms with E-state index in [0.29, 0.717) is 17.9 Å². The van der Waals surface area contributed by atoms with Gasteiger partial charge in [-0.05, 0) is 31.0 Å². The third kappa shape index (κ3) is 2.45. The number of carbonyl (C=O) groups excluding carboxylic acids is 1. The third-order valence-corrected chi connectivity index (χ3v) is 3.06. The molecule has 2 atom stereocenters. The Labute approximate surface area is 105 Å². The molecule has 5 nitrogen and oxygen atoms in total. The average molecular weight is 249 g/mol. The Kier molecular flexibility index (Phi) is 3.23. The highest BCUT2D eigenvalue weighted by Crippen LogP contribution is 2.40. The molecule has 2 rings (SSSR count). The molecule has 0 spiro atoms. The van der Waals surface area contributed by atoms with E-state index in [1.54, 1.807) is 6.07 Å². The Bertz CT molecular complexity index is 498. The largest absolute Gasteiger partial charge is 0.495 e. The summed E-state index contributed by atoms with van der Waals surface area (Å²) in [6, 6.07) is 5.43. The van der Waals surface area contributed by atoms with E-state index in [2.05, 4.69) is 5.32 Å². The minimum atomic E-state index is -0.911. The molecule has 1 aliphatic carbocycles. The fourth-order valence-corrected chi connectivity index (χ4v) is 1.88. The average Bonchev–Trinajstić information content (AvgIpc) is 3.11. The molecule has 1 aliphatic rings. The zero-order valence-electron chi connectivity index (χ0n) is 10.3. The predicted molar refractivity (Wildman–Crippen MR) is 65.6 cm³/mol. The van der Waals surface area contributed by atoms with Crippen molar-refractivity contribution in [3.8, 4) is 5.75 Å². The monoisotopic (exact) mass is 249 g/mol. The van der Waals surface area contributed by atoms with E-state index in [-0.39, 0.29) is 5.91 Å². The van der Waals surface area contributed by atoms with Crippen LogP contribution in [0.25, 0.3) is 0 Å². The number of anilines is 1. The van der Waals surface area contributed by atoms with Crippen LogP contribution in [-0.4, -0.2) is 24.1 Å². The maximum atomic E-state index is 11.8. The molecule has 18 heavy (non-hydrogen) atoms. The maximum Gasteiger partial charge on any atom is 0.307 e. The minimum absolute atomic E-state index is 0.260. The Morgan fingerprint density at radius 3 is 2.67 bits per heavy atom. The second-order valence-corrected chi connectivity index (χ2v) is 4.48. The molecule has 0 aliphatic heterocycles. The van der Waals surface area contributed by atoms with Crippen molar-refractivity contribution in [3.05, 3.63) is 23.8 Å². The van der Waals surface area contributed by atoms with Gasteiger partial charge in [0.25, 0.3) is 0 Å². The number of hydrogen-bond donors (Lipinski definition) is 2. The number of nitrogens with one attached hydrogen (secondary N) is 1. The SMILES string of the molecule is COc1cc(C)ccc1NC(=O)[C@@H]1C[C@@H]1C(=O)O. The smallest absolute Gasteiger partial charge is 0.307 e. The molecule has 0 radical (unpaired) electrons. The number of aliphatic carboxylic acids is 1. The zero-order chi connectivity index (χ0) is 13.3. The number of rotatable bonds is 4. The van der Waals surface area contributed by atoms with Crippen molar-refractivity contribution in [2.75, 3.05) is 12.4 Å². The summed E-state index contributed by atoms with van der Waals surface area (Å²) in [4.78, 5) is 22.5. The first-order valence-electron chi connectivity index (χ1n) is 5.71. The number of aryl methyl sites for hydroxylation is 1. The quantitative estimate of drug-likeness (QED) is 0.851. The second kappa shape index (κ2) is 4.68. The van der Waals surface area contributed by atoms with E-state index in [1.807, 2.05) is 19.1 Å². The molecule has 0 heterocycles. The van der Waals surface area contributed by atoms with Gasteiger partial charge in [0, 0.05) is 0 Å². The molecule has 5 heteroatoms. The molecular formula is C13H15NO4. The van der Waals surface area contributed by atoms with Crippen LogP contribution in [0.4, 0.5) is 5.69 Å². The van der Waals surface area contributed by atoms with E-state index in [0.717, 1.165) is 5.56 Å². The fraction of sp³-hybridized carbons (Fsp3) is 0.385. The highest BCUT2D eigenvalue weighted by molar-refractivity contribution is 5.99. The van der Waals surface area contributed by atoms with Gasteiger partial charge in [0.15, 0.2) is 0 Å². The summed E-state index contributed by atoms with van der Waals surface area (Å²) >= 11 is 0. The molecule has 1 amide bonds. The minimum Gasteiger partial charge on any atom is -0.495 e. The van der Waals surface area contributed by atoms with Crippen molar-refractivity contribution in [1.29, 1.82) is 0 Å². The van der Waals surface area contributed by atoms with Crippen LogP contribution in [0.5, 0.6) is 5.75 Å². The number of carboxylic acid groups (broad SMARTS) is 1. The third-order valence-electron chi connectivity index (χ3n) is 3.06. The molecule has 0 saturated heterocycles. The molecule has 1 aromatic rings. The number of amides is 1. The Morgan fingerprint density at radius 1 is 1.39 bits per heavy atom. The van der Waals surface area contributed by atoms with Crippen LogP contribution < -0.4 is 10.1 Å². The first-order chi connectivity index (χ1) is 8.52. The predicted octanol–water partition coefficient (Wildman–Crippen LogP) is 1.66. The van der Waals surface area contributed by atoms with E-state index in [4.69, 9.17) is 9.84 Å². The summed E-state index contributed by atoms with van der Waals surface area (Å²) < 4.78 is 5.17. The number of carbonyl (C=O) groups is 2. The van der Waals surface area contributed by atoms with Gasteiger partial charge in [-0.2, -0.15) is 0 Å². The zero-order valence-corrected chi connectivity index (χ0v) is 10.3. The second-order valence-electron chi connectivity index (χ2n) is 4.48. The molecule has 0 aromatic heterocycles. The molecular weight excluding hydrogens is 234 g/mol. The van der Waals surface area contributed by atoms with Crippen LogP contribution >= 0.6 is 0 Å². The van der Waals surface area contributed by atoms with Gasteiger partial charge in [-0.3, -0.25) is 9.59 Å². The van der Waals surface area contributed by atoms with Gasteiger partial charge in [0.2, 0.25) is 5.91 Å². The summed E-state index contributed by atoms with van der Waals surface area (Å²) in [6.07, 6.45) is 0.412. The molecule has 1 saturated carbocycles. The van der Waals surface area contributed by atoms with Crippen molar-refractivity contribution in [1.82, 2.24) is 0 Å². The molecule has 0 bridgehead atoms. The normalized spacial score (nSPS) is 21.2. The summed E-state index contributed by atoms with van der Waals surface area (Å²) in [5, 5.41) is 11.5.